The van der Waals surface area contributed by atoms with Crippen LogP contribution in [0, 0.1) is 0 Å². The van der Waals surface area contributed by atoms with Crippen molar-refractivity contribution >= 4 is 17.9 Å². The summed E-state index contributed by atoms with van der Waals surface area (Å²) in [5.74, 6) is 0.0779. The molecule has 0 radical (unpaired) electrons. The van der Waals surface area contributed by atoms with Crippen LogP contribution in [0.3, 0.4) is 0 Å². The Labute approximate surface area is 193 Å². The summed E-state index contributed by atoms with van der Waals surface area (Å²) in [5, 5.41) is 2.86. The molecule has 0 unspecified atom stereocenters. The van der Waals surface area contributed by atoms with E-state index in [1.807, 2.05) is 71.6 Å². The zero-order valence-corrected chi connectivity index (χ0v) is 18.6. The highest BCUT2D eigenvalue weighted by Crippen LogP contribution is 2.25. The molecule has 0 saturated carbocycles. The summed E-state index contributed by atoms with van der Waals surface area (Å²) in [6.45, 7) is 4.62. The van der Waals surface area contributed by atoms with Gasteiger partial charge in [0.25, 0.3) is 0 Å². The van der Waals surface area contributed by atoms with Crippen molar-refractivity contribution in [3.05, 3.63) is 66.7 Å². The average molecular weight is 446 g/mol. The number of nitrogens with one attached hydrogen (secondary N) is 1. The Morgan fingerprint density at radius 1 is 0.879 bits per heavy atom. The van der Waals surface area contributed by atoms with Crippen molar-refractivity contribution in [2.75, 3.05) is 44.6 Å². The first-order valence-corrected chi connectivity index (χ1v) is 11.1. The van der Waals surface area contributed by atoms with Gasteiger partial charge in [-0.15, -0.1) is 0 Å². The molecule has 8 nitrogen and oxygen atoms in total. The minimum atomic E-state index is -0.304. The summed E-state index contributed by atoms with van der Waals surface area (Å²) in [6, 6.07) is 21.5. The summed E-state index contributed by atoms with van der Waals surface area (Å²) < 4.78 is 5.04. The van der Waals surface area contributed by atoms with Crippen molar-refractivity contribution in [3.8, 4) is 22.5 Å². The number of hydrogen-bond donors (Lipinski definition) is 1. The quantitative estimate of drug-likeness (QED) is 0.625. The maximum absolute atomic E-state index is 12.8. The standard InChI is InChI=1S/C25H27N5O3/c1-2-33-25(32)30-15-13-29(14-16-30)18-23(31)28-24-26-21(19-9-5-3-6-10-19)17-22(27-24)20-11-7-4-8-12-20/h3-12,17H,2,13-16,18H2,1H3,(H,26,27,28,31). The summed E-state index contributed by atoms with van der Waals surface area (Å²) in [7, 11) is 0. The molecule has 8 heteroatoms. The van der Waals surface area contributed by atoms with E-state index < -0.39 is 0 Å². The minimum Gasteiger partial charge on any atom is -0.450 e. The molecule has 3 aromatic rings. The molecular weight excluding hydrogens is 418 g/mol. The fraction of sp³-hybridized carbons (Fsp3) is 0.280. The van der Waals surface area contributed by atoms with E-state index in [1.165, 1.54) is 0 Å². The van der Waals surface area contributed by atoms with Gasteiger partial charge in [-0.25, -0.2) is 14.8 Å². The van der Waals surface area contributed by atoms with Gasteiger partial charge in [0.1, 0.15) is 0 Å². The molecule has 1 saturated heterocycles. The first-order valence-electron chi connectivity index (χ1n) is 11.1. The molecule has 1 aliphatic rings. The second-order valence-corrected chi connectivity index (χ2v) is 7.70. The Kier molecular flexibility index (Phi) is 7.26. The third kappa shape index (κ3) is 5.93. The van der Waals surface area contributed by atoms with Crippen LogP contribution in [0.15, 0.2) is 66.7 Å². The normalized spacial score (nSPS) is 14.0. The summed E-state index contributed by atoms with van der Waals surface area (Å²) in [5.41, 5.74) is 3.37. The molecule has 0 bridgehead atoms. The van der Waals surface area contributed by atoms with Crippen LogP contribution < -0.4 is 5.32 Å². The molecule has 2 heterocycles. The molecule has 1 aliphatic heterocycles. The summed E-state index contributed by atoms with van der Waals surface area (Å²) >= 11 is 0. The summed E-state index contributed by atoms with van der Waals surface area (Å²) in [4.78, 5) is 37.5. The number of rotatable bonds is 6. The molecule has 0 atom stereocenters. The molecule has 0 spiro atoms. The average Bonchev–Trinajstić information content (AvgIpc) is 2.85. The number of carbonyl (C=O) groups excluding carboxylic acids is 2. The van der Waals surface area contributed by atoms with Crippen LogP contribution in [0.4, 0.5) is 10.7 Å². The SMILES string of the molecule is CCOC(=O)N1CCN(CC(=O)Nc2nc(-c3ccccc3)cc(-c3ccccc3)n2)CC1. The first-order chi connectivity index (χ1) is 16.1. The Hall–Kier alpha value is -3.78. The molecule has 170 valence electrons. The molecule has 1 N–H and O–H groups in total. The van der Waals surface area contributed by atoms with Gasteiger partial charge in [-0.1, -0.05) is 60.7 Å². The van der Waals surface area contributed by atoms with Crippen molar-refractivity contribution in [1.29, 1.82) is 0 Å². The maximum Gasteiger partial charge on any atom is 0.409 e. The van der Waals surface area contributed by atoms with Crippen LogP contribution in [0.25, 0.3) is 22.5 Å². The first kappa shape index (κ1) is 22.4. The molecular formula is C25H27N5O3. The van der Waals surface area contributed by atoms with Crippen molar-refractivity contribution < 1.29 is 14.3 Å². The third-order valence-corrected chi connectivity index (χ3v) is 5.38. The van der Waals surface area contributed by atoms with E-state index in [-0.39, 0.29) is 24.5 Å². The van der Waals surface area contributed by atoms with Gasteiger partial charge in [0.15, 0.2) is 0 Å². The number of ether oxygens (including phenoxy) is 1. The predicted molar refractivity (Wildman–Crippen MR) is 127 cm³/mol. The summed E-state index contributed by atoms with van der Waals surface area (Å²) in [6.07, 6.45) is -0.304. The minimum absolute atomic E-state index is 0.191. The number of aromatic nitrogens is 2. The highest BCUT2D eigenvalue weighted by Gasteiger charge is 2.23. The number of piperazine rings is 1. The fourth-order valence-electron chi connectivity index (χ4n) is 3.69. The van der Waals surface area contributed by atoms with E-state index in [0.717, 1.165) is 22.5 Å². The molecule has 1 aromatic heterocycles. The Morgan fingerprint density at radius 3 is 1.94 bits per heavy atom. The molecule has 2 amide bonds. The number of anilines is 1. The maximum atomic E-state index is 12.8. The highest BCUT2D eigenvalue weighted by atomic mass is 16.6. The van der Waals surface area contributed by atoms with Gasteiger partial charge in [0.05, 0.1) is 24.5 Å². The van der Waals surface area contributed by atoms with Gasteiger partial charge in [-0.05, 0) is 13.0 Å². The lowest BCUT2D eigenvalue weighted by Gasteiger charge is -2.33. The van der Waals surface area contributed by atoms with E-state index >= 15 is 0 Å². The van der Waals surface area contributed by atoms with Crippen molar-refractivity contribution in [2.24, 2.45) is 0 Å². The van der Waals surface area contributed by atoms with Crippen molar-refractivity contribution in [2.45, 2.75) is 6.92 Å². The van der Waals surface area contributed by atoms with E-state index in [0.29, 0.717) is 32.8 Å². The second-order valence-electron chi connectivity index (χ2n) is 7.70. The number of nitrogens with zero attached hydrogens (tertiary/aromatic N) is 4. The van der Waals surface area contributed by atoms with Gasteiger partial charge in [0.2, 0.25) is 11.9 Å². The van der Waals surface area contributed by atoms with E-state index in [2.05, 4.69) is 15.3 Å². The van der Waals surface area contributed by atoms with Crippen LogP contribution in [-0.2, 0) is 9.53 Å². The Bertz CT molecular complexity index is 1030. The highest BCUT2D eigenvalue weighted by molar-refractivity contribution is 5.91. The van der Waals surface area contributed by atoms with E-state index in [9.17, 15) is 9.59 Å². The topological polar surface area (TPSA) is 87.7 Å². The van der Waals surface area contributed by atoms with Crippen LogP contribution in [-0.4, -0.2) is 71.1 Å². The lowest BCUT2D eigenvalue weighted by atomic mass is 10.1. The van der Waals surface area contributed by atoms with Crippen LogP contribution in [0.1, 0.15) is 6.92 Å². The lowest BCUT2D eigenvalue weighted by molar-refractivity contribution is -0.117. The zero-order valence-electron chi connectivity index (χ0n) is 18.6. The van der Waals surface area contributed by atoms with Gasteiger partial charge >= 0.3 is 6.09 Å². The van der Waals surface area contributed by atoms with E-state index in [1.54, 1.807) is 11.8 Å². The van der Waals surface area contributed by atoms with Crippen LogP contribution >= 0.6 is 0 Å². The largest absolute Gasteiger partial charge is 0.450 e. The molecule has 4 rings (SSSR count). The van der Waals surface area contributed by atoms with Gasteiger partial charge in [-0.2, -0.15) is 0 Å². The number of amides is 2. The smallest absolute Gasteiger partial charge is 0.409 e. The van der Waals surface area contributed by atoms with Crippen LogP contribution in [0.5, 0.6) is 0 Å². The number of carbonyl (C=O) groups is 2. The Balaban J connectivity index is 1.46. The number of hydrogen-bond acceptors (Lipinski definition) is 6. The molecule has 0 aliphatic carbocycles. The zero-order chi connectivity index (χ0) is 23.0. The lowest BCUT2D eigenvalue weighted by Crippen LogP contribution is -2.50. The Morgan fingerprint density at radius 2 is 1.42 bits per heavy atom. The van der Waals surface area contributed by atoms with E-state index in [4.69, 9.17) is 4.74 Å². The van der Waals surface area contributed by atoms with Gasteiger partial charge < -0.3 is 9.64 Å². The monoisotopic (exact) mass is 445 g/mol. The number of benzene rings is 2. The molecule has 2 aromatic carbocycles. The van der Waals surface area contributed by atoms with Gasteiger partial charge in [-0.3, -0.25) is 15.0 Å². The van der Waals surface area contributed by atoms with Crippen LogP contribution in [0.2, 0.25) is 0 Å². The molecule has 33 heavy (non-hydrogen) atoms. The van der Waals surface area contributed by atoms with Crippen molar-refractivity contribution in [1.82, 2.24) is 19.8 Å². The van der Waals surface area contributed by atoms with Crippen molar-refractivity contribution in [3.63, 3.8) is 0 Å². The third-order valence-electron chi connectivity index (χ3n) is 5.38. The predicted octanol–water partition coefficient (Wildman–Crippen LogP) is 3.52. The van der Waals surface area contributed by atoms with Gasteiger partial charge in [0, 0.05) is 37.3 Å². The second kappa shape index (κ2) is 10.7. The fourth-order valence-corrected chi connectivity index (χ4v) is 3.69. The molecule has 1 fully saturated rings.